The SMILES string of the molecule is c1ccc(-c2nc(-c3ccccc3)nc(-c3cc4c(s3)c3sc(-c5nc(-c6ccccc6)nc(-c6ccccc6)n5)cc3c3c5sccc5sc43)n2)cc1. The van der Waals surface area contributed by atoms with E-state index in [1.165, 1.54) is 39.7 Å². The third-order valence-corrected chi connectivity index (χ3v) is 14.0. The van der Waals surface area contributed by atoms with E-state index in [9.17, 15) is 0 Å². The summed E-state index contributed by atoms with van der Waals surface area (Å²) in [4.78, 5) is 32.2. The standard InChI is InChI=1S/C44H24N6S4/c1-5-13-25(14-6-1)39-45-40(26-15-7-2-8-16-26)48-43(47-39)32-23-29-34-35(52-31-21-22-51-38(31)34)30-24-33(54-37(30)36(29)53-32)44-49-41(27-17-9-3-10-18-27)46-42(50-44)28-19-11-4-12-20-28/h1-24H. The van der Waals surface area contributed by atoms with E-state index < -0.39 is 0 Å². The molecule has 254 valence electrons. The van der Waals surface area contributed by atoms with Crippen molar-refractivity contribution in [2.24, 2.45) is 0 Å². The van der Waals surface area contributed by atoms with Gasteiger partial charge in [-0.2, -0.15) is 0 Å². The highest BCUT2D eigenvalue weighted by Gasteiger charge is 2.23. The first kappa shape index (κ1) is 31.5. The van der Waals surface area contributed by atoms with Crippen LogP contribution in [0, 0.1) is 0 Å². The Hall–Kier alpha value is -6.04. The molecule has 0 N–H and O–H groups in total. The maximum absolute atomic E-state index is 5.09. The van der Waals surface area contributed by atoms with Crippen LogP contribution in [0.1, 0.15) is 0 Å². The monoisotopic (exact) mass is 764 g/mol. The molecule has 0 fully saturated rings. The molecule has 11 aromatic rings. The van der Waals surface area contributed by atoms with Crippen LogP contribution in [0.15, 0.2) is 145 Å². The highest BCUT2D eigenvalue weighted by Crippen LogP contribution is 2.52. The van der Waals surface area contributed by atoms with Crippen molar-refractivity contribution in [3.05, 3.63) is 145 Å². The summed E-state index contributed by atoms with van der Waals surface area (Å²) in [5.41, 5.74) is 3.81. The average molecular weight is 765 g/mol. The first-order valence-electron chi connectivity index (χ1n) is 17.3. The van der Waals surface area contributed by atoms with E-state index in [4.69, 9.17) is 29.9 Å². The molecule has 0 spiro atoms. The fourth-order valence-corrected chi connectivity index (χ4v) is 11.6. The molecule has 0 aliphatic rings. The van der Waals surface area contributed by atoms with Gasteiger partial charge in [-0.15, -0.1) is 45.3 Å². The van der Waals surface area contributed by atoms with Gasteiger partial charge in [0.25, 0.3) is 0 Å². The summed E-state index contributed by atoms with van der Waals surface area (Å²) in [6.45, 7) is 0. The van der Waals surface area contributed by atoms with Gasteiger partial charge in [0.15, 0.2) is 34.9 Å². The molecule has 5 aromatic carbocycles. The molecule has 10 heteroatoms. The fraction of sp³-hybridized carbons (Fsp3) is 0. The Balaban J connectivity index is 1.15. The zero-order chi connectivity index (χ0) is 35.6. The minimum absolute atomic E-state index is 0.653. The van der Waals surface area contributed by atoms with Gasteiger partial charge in [0, 0.05) is 47.8 Å². The lowest BCUT2D eigenvalue weighted by Crippen LogP contribution is -1.99. The van der Waals surface area contributed by atoms with Crippen molar-refractivity contribution < 1.29 is 0 Å². The first-order chi connectivity index (χ1) is 26.7. The van der Waals surface area contributed by atoms with Crippen molar-refractivity contribution in [2.75, 3.05) is 0 Å². The first-order valence-corrected chi connectivity index (χ1v) is 20.6. The second-order valence-corrected chi connectivity index (χ2v) is 16.8. The lowest BCUT2D eigenvalue weighted by molar-refractivity contribution is 1.08. The van der Waals surface area contributed by atoms with Crippen molar-refractivity contribution >= 4 is 85.0 Å². The van der Waals surface area contributed by atoms with Crippen molar-refractivity contribution in [1.29, 1.82) is 0 Å². The van der Waals surface area contributed by atoms with E-state index >= 15 is 0 Å². The fourth-order valence-electron chi connectivity index (χ4n) is 6.79. The second kappa shape index (κ2) is 12.8. The number of hydrogen-bond acceptors (Lipinski definition) is 10. The van der Waals surface area contributed by atoms with Crippen LogP contribution in [-0.4, -0.2) is 29.9 Å². The topological polar surface area (TPSA) is 77.3 Å². The van der Waals surface area contributed by atoms with Crippen LogP contribution >= 0.6 is 45.3 Å². The number of hydrogen-bond donors (Lipinski definition) is 0. The van der Waals surface area contributed by atoms with E-state index in [-0.39, 0.29) is 0 Å². The van der Waals surface area contributed by atoms with Gasteiger partial charge >= 0.3 is 0 Å². The molecule has 0 unspecified atom stereocenters. The average Bonchev–Trinajstić information content (AvgIpc) is 4.05. The molecule has 0 amide bonds. The molecular weight excluding hydrogens is 741 g/mol. The third kappa shape index (κ3) is 5.34. The number of rotatable bonds is 6. The minimum atomic E-state index is 0.653. The zero-order valence-corrected chi connectivity index (χ0v) is 31.4. The van der Waals surface area contributed by atoms with E-state index in [0.717, 1.165) is 32.0 Å². The molecule has 0 saturated heterocycles. The Bertz CT molecular complexity index is 3040. The molecule has 0 bridgehead atoms. The van der Waals surface area contributed by atoms with Crippen LogP contribution in [0.4, 0.5) is 0 Å². The van der Waals surface area contributed by atoms with Gasteiger partial charge in [-0.05, 0) is 23.6 Å². The van der Waals surface area contributed by atoms with Crippen LogP contribution in [0.2, 0.25) is 0 Å². The summed E-state index contributed by atoms with van der Waals surface area (Å²) in [6.07, 6.45) is 0. The zero-order valence-electron chi connectivity index (χ0n) is 28.2. The Morgan fingerprint density at radius 1 is 0.333 bits per heavy atom. The molecule has 54 heavy (non-hydrogen) atoms. The van der Waals surface area contributed by atoms with Gasteiger partial charge in [-0.25, -0.2) is 29.9 Å². The van der Waals surface area contributed by atoms with Crippen LogP contribution in [0.5, 0.6) is 0 Å². The molecule has 0 saturated carbocycles. The second-order valence-electron chi connectivity index (χ2n) is 12.7. The summed E-state index contributed by atoms with van der Waals surface area (Å²) in [7, 11) is 0. The maximum Gasteiger partial charge on any atom is 0.174 e. The molecule has 0 radical (unpaired) electrons. The van der Waals surface area contributed by atoms with Crippen molar-refractivity contribution in [1.82, 2.24) is 29.9 Å². The van der Waals surface area contributed by atoms with Crippen molar-refractivity contribution in [3.8, 4) is 67.0 Å². The van der Waals surface area contributed by atoms with Gasteiger partial charge < -0.3 is 0 Å². The normalized spacial score (nSPS) is 11.7. The summed E-state index contributed by atoms with van der Waals surface area (Å²) < 4.78 is 6.29. The Kier molecular flexibility index (Phi) is 7.47. The van der Waals surface area contributed by atoms with Gasteiger partial charge in [0.1, 0.15) is 0 Å². The minimum Gasteiger partial charge on any atom is -0.208 e. The molecule has 0 aliphatic carbocycles. The smallest absolute Gasteiger partial charge is 0.174 e. The number of aromatic nitrogens is 6. The van der Waals surface area contributed by atoms with Gasteiger partial charge in [-0.1, -0.05) is 121 Å². The van der Waals surface area contributed by atoms with Crippen molar-refractivity contribution in [2.45, 2.75) is 0 Å². The predicted octanol–water partition coefficient (Wildman–Crippen LogP) is 12.9. The van der Waals surface area contributed by atoms with Gasteiger partial charge in [0.05, 0.1) is 23.9 Å². The Labute approximate surface area is 324 Å². The Morgan fingerprint density at radius 2 is 0.722 bits per heavy atom. The van der Waals surface area contributed by atoms with E-state index in [1.807, 2.05) is 133 Å². The highest BCUT2D eigenvalue weighted by atomic mass is 32.1. The van der Waals surface area contributed by atoms with Crippen LogP contribution in [0.3, 0.4) is 0 Å². The quantitative estimate of drug-likeness (QED) is 0.168. The number of nitrogens with zero attached hydrogens (tertiary/aromatic N) is 6. The predicted molar refractivity (Wildman–Crippen MR) is 227 cm³/mol. The number of fused-ring (bicyclic) bond motifs is 8. The maximum atomic E-state index is 5.09. The highest BCUT2D eigenvalue weighted by molar-refractivity contribution is 7.35. The van der Waals surface area contributed by atoms with Gasteiger partial charge in [0.2, 0.25) is 0 Å². The van der Waals surface area contributed by atoms with E-state index in [2.05, 4.69) is 23.6 Å². The van der Waals surface area contributed by atoms with Crippen LogP contribution in [0.25, 0.3) is 107 Å². The third-order valence-electron chi connectivity index (χ3n) is 9.32. The van der Waals surface area contributed by atoms with Crippen LogP contribution in [-0.2, 0) is 0 Å². The summed E-state index contributed by atoms with van der Waals surface area (Å²) >= 11 is 7.13. The summed E-state index contributed by atoms with van der Waals surface area (Å²) in [5, 5.41) is 5.90. The molecule has 6 aromatic heterocycles. The molecule has 0 atom stereocenters. The van der Waals surface area contributed by atoms with Gasteiger partial charge in [-0.3, -0.25) is 0 Å². The van der Waals surface area contributed by atoms with Crippen LogP contribution < -0.4 is 0 Å². The number of benzene rings is 5. The lowest BCUT2D eigenvalue weighted by atomic mass is 10.1. The largest absolute Gasteiger partial charge is 0.208 e. The Morgan fingerprint density at radius 3 is 1.17 bits per heavy atom. The molecule has 6 heterocycles. The number of thiophene rings is 4. The molecule has 6 nitrogen and oxygen atoms in total. The summed E-state index contributed by atoms with van der Waals surface area (Å²) in [5.74, 6) is 3.94. The summed E-state index contributed by atoms with van der Waals surface area (Å²) in [6, 6.07) is 47.4. The van der Waals surface area contributed by atoms with E-state index in [0.29, 0.717) is 34.9 Å². The van der Waals surface area contributed by atoms with Crippen molar-refractivity contribution in [3.63, 3.8) is 0 Å². The van der Waals surface area contributed by atoms with E-state index in [1.54, 1.807) is 34.0 Å². The molecule has 0 aliphatic heterocycles. The molecular formula is C44H24N6S4. The lowest BCUT2D eigenvalue weighted by Gasteiger charge is -2.07. The molecule has 11 rings (SSSR count).